The number of carbonyl (C=O) groups is 1. The maximum Gasteiger partial charge on any atom is 0.238 e. The summed E-state index contributed by atoms with van der Waals surface area (Å²) in [5.41, 5.74) is 0. The quantitative estimate of drug-likeness (QED) is 0.821. The van der Waals surface area contributed by atoms with Crippen LogP contribution in [-0.4, -0.2) is 67.5 Å². The van der Waals surface area contributed by atoms with E-state index in [0.717, 1.165) is 38.8 Å². The molecule has 0 saturated carbocycles. The zero-order valence-electron chi connectivity index (χ0n) is 13.3. The van der Waals surface area contributed by atoms with Gasteiger partial charge >= 0.3 is 0 Å². The van der Waals surface area contributed by atoms with Crippen LogP contribution in [0.1, 0.15) is 44.9 Å². The van der Waals surface area contributed by atoms with E-state index in [1.54, 1.807) is 0 Å². The van der Waals surface area contributed by atoms with Gasteiger partial charge in [0.05, 0.1) is 6.26 Å². The molecule has 126 valence electrons. The number of rotatable bonds is 3. The minimum Gasteiger partial charge on any atom is -0.350 e. The molecule has 0 spiro atoms. The second-order valence-electron chi connectivity index (χ2n) is 6.89. The fourth-order valence-electron chi connectivity index (χ4n) is 4.26. The number of hydrogen-bond donors (Lipinski definition) is 1. The van der Waals surface area contributed by atoms with Crippen molar-refractivity contribution in [3.8, 4) is 0 Å². The molecular formula is C15H27N3O3S. The van der Waals surface area contributed by atoms with Crippen molar-refractivity contribution >= 4 is 15.9 Å². The van der Waals surface area contributed by atoms with Gasteiger partial charge < -0.3 is 5.32 Å². The highest BCUT2D eigenvalue weighted by atomic mass is 32.2. The van der Waals surface area contributed by atoms with Gasteiger partial charge in [0.1, 0.15) is 6.04 Å². The van der Waals surface area contributed by atoms with Crippen LogP contribution in [0.3, 0.4) is 0 Å². The van der Waals surface area contributed by atoms with E-state index in [0.29, 0.717) is 19.0 Å². The van der Waals surface area contributed by atoms with Crippen molar-refractivity contribution in [1.29, 1.82) is 0 Å². The third-order valence-electron chi connectivity index (χ3n) is 5.37. The normalized spacial score (nSPS) is 34.3. The topological polar surface area (TPSA) is 69.7 Å². The molecule has 22 heavy (non-hydrogen) atoms. The van der Waals surface area contributed by atoms with Gasteiger partial charge in [-0.2, -0.15) is 4.31 Å². The molecule has 6 nitrogen and oxygen atoms in total. The van der Waals surface area contributed by atoms with Crippen LogP contribution in [0.25, 0.3) is 0 Å². The Morgan fingerprint density at radius 3 is 2.50 bits per heavy atom. The standard InChI is InChI=1S/C15H27N3O3S/c1-22(20,21)18-10-5-3-7-14(18)15(19)16-12-8-11-17-9-4-2-6-13(12)17/h12-14H,2-11H2,1H3,(H,16,19)/t12-,13-,14-/m1/s1. The van der Waals surface area contributed by atoms with Gasteiger partial charge in [-0.05, 0) is 38.6 Å². The molecule has 0 radical (unpaired) electrons. The van der Waals surface area contributed by atoms with E-state index in [-0.39, 0.29) is 11.9 Å². The third-order valence-corrected chi connectivity index (χ3v) is 6.66. The predicted octanol–water partition coefficient (Wildman–Crippen LogP) is 0.544. The van der Waals surface area contributed by atoms with Crippen LogP contribution in [0.5, 0.6) is 0 Å². The molecule has 7 heteroatoms. The van der Waals surface area contributed by atoms with Crippen LogP contribution in [0.2, 0.25) is 0 Å². The Bertz CT molecular complexity index is 522. The van der Waals surface area contributed by atoms with Crippen LogP contribution in [-0.2, 0) is 14.8 Å². The summed E-state index contributed by atoms with van der Waals surface area (Å²) in [6.07, 6.45) is 8.22. The number of piperidine rings is 2. The average molecular weight is 329 g/mol. The van der Waals surface area contributed by atoms with Crippen molar-refractivity contribution in [3.05, 3.63) is 0 Å². The van der Waals surface area contributed by atoms with Crippen molar-refractivity contribution in [2.24, 2.45) is 0 Å². The Morgan fingerprint density at radius 2 is 1.73 bits per heavy atom. The van der Waals surface area contributed by atoms with Crippen LogP contribution in [0.4, 0.5) is 0 Å². The molecule has 0 aromatic rings. The first-order valence-electron chi connectivity index (χ1n) is 8.48. The van der Waals surface area contributed by atoms with Crippen molar-refractivity contribution in [3.63, 3.8) is 0 Å². The first-order chi connectivity index (χ1) is 10.5. The van der Waals surface area contributed by atoms with E-state index in [2.05, 4.69) is 10.2 Å². The number of sulfonamides is 1. The molecule has 0 unspecified atom stereocenters. The maximum atomic E-state index is 12.6. The van der Waals surface area contributed by atoms with Crippen LogP contribution < -0.4 is 5.32 Å². The van der Waals surface area contributed by atoms with Gasteiger partial charge in [0.2, 0.25) is 15.9 Å². The van der Waals surface area contributed by atoms with Crippen molar-refractivity contribution in [2.75, 3.05) is 25.9 Å². The number of carbonyl (C=O) groups excluding carboxylic acids is 1. The number of amides is 1. The largest absolute Gasteiger partial charge is 0.350 e. The molecule has 0 aromatic carbocycles. The van der Waals surface area contributed by atoms with E-state index in [4.69, 9.17) is 0 Å². The van der Waals surface area contributed by atoms with E-state index in [1.807, 2.05) is 0 Å². The summed E-state index contributed by atoms with van der Waals surface area (Å²) in [7, 11) is -3.31. The molecule has 0 bridgehead atoms. The van der Waals surface area contributed by atoms with Crippen LogP contribution >= 0.6 is 0 Å². The van der Waals surface area contributed by atoms with Crippen LogP contribution in [0, 0.1) is 0 Å². The monoisotopic (exact) mass is 329 g/mol. The molecule has 3 atom stereocenters. The molecule has 3 rings (SSSR count). The summed E-state index contributed by atoms with van der Waals surface area (Å²) in [5, 5.41) is 3.16. The zero-order chi connectivity index (χ0) is 15.7. The molecule has 0 aromatic heterocycles. The predicted molar refractivity (Wildman–Crippen MR) is 84.9 cm³/mol. The summed E-state index contributed by atoms with van der Waals surface area (Å²) >= 11 is 0. The van der Waals surface area contributed by atoms with E-state index < -0.39 is 16.1 Å². The summed E-state index contributed by atoms with van der Waals surface area (Å²) < 4.78 is 25.2. The summed E-state index contributed by atoms with van der Waals surface area (Å²) in [5.74, 6) is -0.0949. The second-order valence-corrected chi connectivity index (χ2v) is 8.82. The summed E-state index contributed by atoms with van der Waals surface area (Å²) in [4.78, 5) is 15.1. The molecule has 0 aliphatic carbocycles. The highest BCUT2D eigenvalue weighted by Gasteiger charge is 2.39. The first kappa shape index (κ1) is 16.2. The van der Waals surface area contributed by atoms with Crippen molar-refractivity contribution in [2.45, 2.75) is 63.1 Å². The van der Waals surface area contributed by atoms with Gasteiger partial charge in [0.15, 0.2) is 0 Å². The van der Waals surface area contributed by atoms with Gasteiger partial charge in [-0.25, -0.2) is 8.42 Å². The lowest BCUT2D eigenvalue weighted by Crippen LogP contribution is -2.55. The molecule has 1 N–H and O–H groups in total. The molecule has 3 heterocycles. The number of nitrogens with zero attached hydrogens (tertiary/aromatic N) is 2. The third kappa shape index (κ3) is 3.31. The van der Waals surface area contributed by atoms with Gasteiger partial charge in [-0.3, -0.25) is 9.69 Å². The van der Waals surface area contributed by atoms with Gasteiger partial charge in [-0.15, -0.1) is 0 Å². The lowest BCUT2D eigenvalue weighted by molar-refractivity contribution is -0.126. The average Bonchev–Trinajstić information content (AvgIpc) is 2.90. The molecule has 3 fully saturated rings. The lowest BCUT2D eigenvalue weighted by Gasteiger charge is -2.36. The fraction of sp³-hybridized carbons (Fsp3) is 0.933. The first-order valence-corrected chi connectivity index (χ1v) is 10.3. The van der Waals surface area contributed by atoms with E-state index >= 15 is 0 Å². The Kier molecular flexibility index (Phi) is 4.75. The molecule has 3 aliphatic heterocycles. The Balaban J connectivity index is 1.65. The number of fused-ring (bicyclic) bond motifs is 1. The minimum atomic E-state index is -3.31. The molecular weight excluding hydrogens is 302 g/mol. The smallest absolute Gasteiger partial charge is 0.238 e. The highest BCUT2D eigenvalue weighted by molar-refractivity contribution is 7.88. The van der Waals surface area contributed by atoms with Gasteiger partial charge in [0, 0.05) is 25.2 Å². The Morgan fingerprint density at radius 1 is 1.00 bits per heavy atom. The Hall–Kier alpha value is -0.660. The molecule has 3 aliphatic rings. The van der Waals surface area contributed by atoms with E-state index in [1.165, 1.54) is 23.4 Å². The zero-order valence-corrected chi connectivity index (χ0v) is 14.1. The maximum absolute atomic E-state index is 12.6. The second kappa shape index (κ2) is 6.45. The molecule has 1 amide bonds. The van der Waals surface area contributed by atoms with Gasteiger partial charge in [-0.1, -0.05) is 12.8 Å². The van der Waals surface area contributed by atoms with Crippen molar-refractivity contribution in [1.82, 2.24) is 14.5 Å². The summed E-state index contributed by atoms with van der Waals surface area (Å²) in [6, 6.07) is 0.130. The summed E-state index contributed by atoms with van der Waals surface area (Å²) in [6.45, 7) is 2.66. The SMILES string of the molecule is CS(=O)(=O)N1CCCC[C@@H]1C(=O)N[C@@H]1CCN2CCCC[C@H]12. The van der Waals surface area contributed by atoms with Gasteiger partial charge in [0.25, 0.3) is 0 Å². The van der Waals surface area contributed by atoms with Crippen molar-refractivity contribution < 1.29 is 13.2 Å². The number of nitrogens with one attached hydrogen (secondary N) is 1. The number of hydrogen-bond acceptors (Lipinski definition) is 4. The molecule has 3 saturated heterocycles. The minimum absolute atomic E-state index is 0.0949. The highest BCUT2D eigenvalue weighted by Crippen LogP contribution is 2.28. The van der Waals surface area contributed by atoms with E-state index in [9.17, 15) is 13.2 Å². The Labute approximate surface area is 133 Å². The lowest BCUT2D eigenvalue weighted by atomic mass is 9.98. The fourth-order valence-corrected chi connectivity index (χ4v) is 5.38. The van der Waals surface area contributed by atoms with Crippen LogP contribution in [0.15, 0.2) is 0 Å².